The topological polar surface area (TPSA) is 105 Å². The fraction of sp³-hybridized carbons (Fsp3) is 0.200. The zero-order valence-electron chi connectivity index (χ0n) is 20.9. The molecule has 7 nitrogen and oxygen atoms in total. The first-order valence-corrected chi connectivity index (χ1v) is 11.8. The van der Waals surface area contributed by atoms with Gasteiger partial charge in [-0.05, 0) is 75.2 Å². The Balaban J connectivity index is 0.000000152. The van der Waals surface area contributed by atoms with Crippen molar-refractivity contribution >= 4 is 5.97 Å². The van der Waals surface area contributed by atoms with Crippen molar-refractivity contribution in [2.45, 2.75) is 38.9 Å². The Morgan fingerprint density at radius 2 is 1.30 bits per heavy atom. The lowest BCUT2D eigenvalue weighted by Gasteiger charge is -2.34. The van der Waals surface area contributed by atoms with E-state index < -0.39 is 17.2 Å². The van der Waals surface area contributed by atoms with Gasteiger partial charge in [-0.25, -0.2) is 4.79 Å². The molecule has 184 valence electrons. The highest BCUT2D eigenvalue weighted by atomic mass is 16.5. The Morgan fingerprint density at radius 3 is 1.81 bits per heavy atom. The molecule has 2 aromatic carbocycles. The molecule has 6 rings (SSSR count). The highest BCUT2D eigenvalue weighted by Crippen LogP contribution is 2.45. The average molecular weight is 492 g/mol. The number of aromatic carboxylic acids is 1. The molecular formula is C30H25N3O4. The number of benzene rings is 2. The lowest BCUT2D eigenvalue weighted by molar-refractivity contribution is 0.0695. The fourth-order valence-electron chi connectivity index (χ4n) is 4.78. The zero-order valence-corrected chi connectivity index (χ0v) is 20.9. The van der Waals surface area contributed by atoms with Gasteiger partial charge in [0.25, 0.3) is 0 Å². The zero-order chi connectivity index (χ0) is 26.4. The number of hydrogen-bond donors (Lipinski definition) is 1. The molecule has 1 N–H and O–H groups in total. The maximum absolute atomic E-state index is 11.1. The Bertz CT molecular complexity index is 1580. The van der Waals surface area contributed by atoms with Gasteiger partial charge in [0.1, 0.15) is 22.7 Å². The van der Waals surface area contributed by atoms with E-state index in [-0.39, 0.29) is 5.56 Å². The molecule has 0 amide bonds. The summed E-state index contributed by atoms with van der Waals surface area (Å²) in [5.41, 5.74) is 5.92. The monoisotopic (exact) mass is 491 g/mol. The SMILES string of the molecule is CC1(C)Oc2cnccc2-c2ccc(C#N)cc21.CC1(C)Oc2cnccc2-c2ccc(C(=O)O)cc21. The van der Waals surface area contributed by atoms with Gasteiger partial charge in [-0.1, -0.05) is 12.1 Å². The van der Waals surface area contributed by atoms with E-state index in [4.69, 9.17) is 19.8 Å². The van der Waals surface area contributed by atoms with E-state index in [1.165, 1.54) is 0 Å². The normalized spacial score (nSPS) is 15.0. The Kier molecular flexibility index (Phi) is 5.68. The van der Waals surface area contributed by atoms with Crippen molar-refractivity contribution in [2.75, 3.05) is 0 Å². The predicted molar refractivity (Wildman–Crippen MR) is 138 cm³/mol. The van der Waals surface area contributed by atoms with E-state index >= 15 is 0 Å². The molecule has 0 spiro atoms. The number of nitrogens with zero attached hydrogens (tertiary/aromatic N) is 3. The lowest BCUT2D eigenvalue weighted by Crippen LogP contribution is -2.29. The second-order valence-corrected chi connectivity index (χ2v) is 9.91. The number of carboxylic acid groups (broad SMARTS) is 1. The van der Waals surface area contributed by atoms with Crippen LogP contribution < -0.4 is 9.47 Å². The molecule has 0 unspecified atom stereocenters. The van der Waals surface area contributed by atoms with Crippen LogP contribution in [0.25, 0.3) is 22.3 Å². The summed E-state index contributed by atoms with van der Waals surface area (Å²) < 4.78 is 11.9. The largest absolute Gasteiger partial charge is 0.481 e. The number of pyridine rings is 2. The molecule has 4 heterocycles. The molecule has 0 bridgehead atoms. The van der Waals surface area contributed by atoms with Gasteiger partial charge >= 0.3 is 5.97 Å². The van der Waals surface area contributed by atoms with Gasteiger partial charge < -0.3 is 14.6 Å². The standard InChI is InChI=1S/C15H12N2O.C15H13NO3/c1-15(2)13-7-10(8-16)3-4-11(13)12-5-6-17-9-14(12)18-15;1-15(2)12-7-9(14(17)18)3-4-10(12)11-5-6-16-8-13(11)19-15/h3-7,9H,1-2H3;3-8H,1-2H3,(H,17,18). The third-order valence-electron chi connectivity index (χ3n) is 6.59. The van der Waals surface area contributed by atoms with Crippen LogP contribution in [0.1, 0.15) is 54.7 Å². The molecule has 0 saturated heterocycles. The Morgan fingerprint density at radius 1 is 0.784 bits per heavy atom. The number of aromatic nitrogens is 2. The summed E-state index contributed by atoms with van der Waals surface area (Å²) in [4.78, 5) is 19.2. The van der Waals surface area contributed by atoms with Crippen molar-refractivity contribution in [2.24, 2.45) is 0 Å². The van der Waals surface area contributed by atoms with Crippen LogP contribution in [-0.2, 0) is 11.2 Å². The van der Waals surface area contributed by atoms with Crippen molar-refractivity contribution in [3.05, 3.63) is 95.6 Å². The lowest BCUT2D eigenvalue weighted by atomic mass is 9.85. The number of hydrogen-bond acceptors (Lipinski definition) is 6. The van der Waals surface area contributed by atoms with Crippen LogP contribution in [0.4, 0.5) is 0 Å². The third-order valence-corrected chi connectivity index (χ3v) is 6.59. The second-order valence-electron chi connectivity index (χ2n) is 9.91. The minimum Gasteiger partial charge on any atom is -0.481 e. The van der Waals surface area contributed by atoms with Gasteiger partial charge in [0.2, 0.25) is 0 Å². The van der Waals surface area contributed by atoms with Gasteiger partial charge in [0.15, 0.2) is 0 Å². The average Bonchev–Trinajstić information content (AvgIpc) is 2.88. The molecule has 2 aliphatic rings. The van der Waals surface area contributed by atoms with Gasteiger partial charge in [0.05, 0.1) is 29.6 Å². The van der Waals surface area contributed by atoms with Gasteiger partial charge in [-0.2, -0.15) is 5.26 Å². The number of carbonyl (C=O) groups is 1. The number of ether oxygens (including phenoxy) is 2. The summed E-state index contributed by atoms with van der Waals surface area (Å²) in [6.45, 7) is 7.85. The van der Waals surface area contributed by atoms with Crippen LogP contribution in [-0.4, -0.2) is 21.0 Å². The van der Waals surface area contributed by atoms with Crippen LogP contribution >= 0.6 is 0 Å². The predicted octanol–water partition coefficient (Wildman–Crippen LogP) is 6.32. The fourth-order valence-corrected chi connectivity index (χ4v) is 4.78. The molecule has 7 heteroatoms. The number of carboxylic acids is 1. The summed E-state index contributed by atoms with van der Waals surface area (Å²) in [7, 11) is 0. The van der Waals surface area contributed by atoms with Gasteiger partial charge in [-0.3, -0.25) is 9.97 Å². The first-order chi connectivity index (χ1) is 17.6. The molecule has 4 aromatic rings. The maximum atomic E-state index is 11.1. The summed E-state index contributed by atoms with van der Waals surface area (Å²) >= 11 is 0. The quantitative estimate of drug-likeness (QED) is 0.332. The third kappa shape index (κ3) is 4.27. The Labute approximate surface area is 215 Å². The van der Waals surface area contributed by atoms with Crippen molar-refractivity contribution in [3.8, 4) is 39.8 Å². The molecule has 0 radical (unpaired) electrons. The molecule has 0 saturated carbocycles. The summed E-state index contributed by atoms with van der Waals surface area (Å²) in [5.74, 6) is 0.585. The minimum absolute atomic E-state index is 0.271. The summed E-state index contributed by atoms with van der Waals surface area (Å²) in [6, 6.07) is 16.8. The van der Waals surface area contributed by atoms with Crippen LogP contribution in [0.5, 0.6) is 11.5 Å². The maximum Gasteiger partial charge on any atom is 0.335 e. The van der Waals surface area contributed by atoms with Crippen LogP contribution in [0, 0.1) is 11.3 Å². The smallest absolute Gasteiger partial charge is 0.335 e. The highest BCUT2D eigenvalue weighted by Gasteiger charge is 2.34. The molecule has 0 atom stereocenters. The van der Waals surface area contributed by atoms with E-state index in [0.717, 1.165) is 44.9 Å². The minimum atomic E-state index is -0.931. The first-order valence-electron chi connectivity index (χ1n) is 11.8. The van der Waals surface area contributed by atoms with Crippen molar-refractivity contribution in [1.82, 2.24) is 9.97 Å². The van der Waals surface area contributed by atoms with Crippen LogP contribution in [0.3, 0.4) is 0 Å². The van der Waals surface area contributed by atoms with E-state index in [2.05, 4.69) is 16.0 Å². The van der Waals surface area contributed by atoms with Gasteiger partial charge in [0, 0.05) is 34.6 Å². The van der Waals surface area contributed by atoms with E-state index in [9.17, 15) is 4.79 Å². The van der Waals surface area contributed by atoms with Crippen molar-refractivity contribution in [1.29, 1.82) is 5.26 Å². The molecule has 2 aliphatic heterocycles. The second kappa shape index (κ2) is 8.75. The molecule has 0 fully saturated rings. The van der Waals surface area contributed by atoms with Crippen molar-refractivity contribution in [3.63, 3.8) is 0 Å². The van der Waals surface area contributed by atoms with Gasteiger partial charge in [-0.15, -0.1) is 0 Å². The number of rotatable bonds is 1. The Hall–Kier alpha value is -4.70. The van der Waals surface area contributed by atoms with Crippen LogP contribution in [0.2, 0.25) is 0 Å². The van der Waals surface area contributed by atoms with Crippen LogP contribution in [0.15, 0.2) is 73.3 Å². The van der Waals surface area contributed by atoms with E-state index in [1.54, 1.807) is 36.9 Å². The molecule has 2 aromatic heterocycles. The number of fused-ring (bicyclic) bond motifs is 6. The van der Waals surface area contributed by atoms with E-state index in [1.807, 2.05) is 64.1 Å². The molecule has 37 heavy (non-hydrogen) atoms. The number of nitriles is 1. The summed E-state index contributed by atoms with van der Waals surface area (Å²) in [5, 5.41) is 18.1. The molecule has 0 aliphatic carbocycles. The van der Waals surface area contributed by atoms with E-state index in [0.29, 0.717) is 5.56 Å². The van der Waals surface area contributed by atoms with Crippen molar-refractivity contribution < 1.29 is 19.4 Å². The highest BCUT2D eigenvalue weighted by molar-refractivity contribution is 5.90. The summed E-state index contributed by atoms with van der Waals surface area (Å²) in [6.07, 6.45) is 6.88. The molecular weight excluding hydrogens is 466 g/mol. The first kappa shape index (κ1) is 24.0.